The maximum absolute atomic E-state index is 14.0. The van der Waals surface area contributed by atoms with E-state index in [2.05, 4.69) is 26.3 Å². The molecule has 4 amide bonds. The standard InChI is InChI=1S/C37H53N5O6S/c1-8-24(4)20-38-33(44)19-32(43)29(16-23(2)3)40-35(46)31(18-27-21-49-22-39-27)41-34(45)30(42-36(47)48-37(5,6)7)17-26-14-11-13-25-12-9-10-15-28(25)26/h9-15,21-24,29-32,43H,8,16-20H2,1-7H3,(H,38,44)(H,40,46)(H,41,45)(H,42,47)/t24?,29-,30-,31?,32-/m0/s1. The van der Waals surface area contributed by atoms with E-state index in [1.165, 1.54) is 11.3 Å². The molecule has 1 heterocycles. The van der Waals surface area contributed by atoms with Gasteiger partial charge in [0.05, 0.1) is 29.8 Å². The topological polar surface area (TPSA) is 159 Å². The van der Waals surface area contributed by atoms with Gasteiger partial charge in [-0.3, -0.25) is 14.4 Å². The highest BCUT2D eigenvalue weighted by atomic mass is 32.1. The largest absolute Gasteiger partial charge is 0.444 e. The number of hydrogen-bond donors (Lipinski definition) is 5. The molecule has 5 N–H and O–H groups in total. The van der Waals surface area contributed by atoms with Gasteiger partial charge < -0.3 is 31.1 Å². The average molecular weight is 696 g/mol. The Morgan fingerprint density at radius 2 is 1.59 bits per heavy atom. The molecular formula is C37H53N5O6S. The number of hydrogen-bond acceptors (Lipinski definition) is 8. The lowest BCUT2D eigenvalue weighted by Gasteiger charge is -2.29. The van der Waals surface area contributed by atoms with E-state index in [4.69, 9.17) is 4.74 Å². The summed E-state index contributed by atoms with van der Waals surface area (Å²) >= 11 is 1.36. The van der Waals surface area contributed by atoms with Crippen LogP contribution in [0.15, 0.2) is 53.4 Å². The second-order valence-electron chi connectivity index (χ2n) is 14.1. The molecule has 5 atom stereocenters. The number of rotatable bonds is 17. The monoisotopic (exact) mass is 695 g/mol. The zero-order valence-corrected chi connectivity index (χ0v) is 30.6. The molecule has 0 fully saturated rings. The minimum absolute atomic E-state index is 0.0778. The third-order valence-electron chi connectivity index (χ3n) is 8.10. The number of fused-ring (bicyclic) bond motifs is 1. The van der Waals surface area contributed by atoms with Crippen molar-refractivity contribution in [3.8, 4) is 0 Å². The van der Waals surface area contributed by atoms with Crippen molar-refractivity contribution >= 4 is 45.9 Å². The van der Waals surface area contributed by atoms with E-state index in [-0.39, 0.29) is 31.1 Å². The van der Waals surface area contributed by atoms with Crippen molar-refractivity contribution in [3.63, 3.8) is 0 Å². The lowest BCUT2D eigenvalue weighted by Crippen LogP contribution is -2.57. The molecule has 49 heavy (non-hydrogen) atoms. The van der Waals surface area contributed by atoms with Crippen LogP contribution in [0.1, 0.15) is 79.0 Å². The Hall–Kier alpha value is -4.03. The lowest BCUT2D eigenvalue weighted by molar-refractivity contribution is -0.131. The van der Waals surface area contributed by atoms with Gasteiger partial charge in [0.15, 0.2) is 0 Å². The minimum atomic E-state index is -1.15. The smallest absolute Gasteiger partial charge is 0.408 e. The number of aliphatic hydroxyl groups excluding tert-OH is 1. The Kier molecular flexibility index (Phi) is 15.0. The SMILES string of the molecule is CCC(C)CNC(=O)C[C@H](O)[C@H](CC(C)C)NC(=O)C(Cc1cscn1)NC(=O)[C@H](Cc1cccc2ccccc12)NC(=O)OC(C)(C)C. The molecular weight excluding hydrogens is 643 g/mol. The van der Waals surface area contributed by atoms with Crippen molar-refractivity contribution in [2.24, 2.45) is 11.8 Å². The molecule has 0 aliphatic heterocycles. The number of carbonyl (C=O) groups excluding carboxylic acids is 4. The van der Waals surface area contributed by atoms with Crippen LogP contribution >= 0.6 is 11.3 Å². The summed E-state index contributed by atoms with van der Waals surface area (Å²) in [5, 5.41) is 26.2. The first-order chi connectivity index (χ1) is 23.1. The molecule has 11 nitrogen and oxygen atoms in total. The number of aliphatic hydroxyl groups is 1. The van der Waals surface area contributed by atoms with Gasteiger partial charge in [0, 0.05) is 24.8 Å². The second kappa shape index (κ2) is 18.7. The van der Waals surface area contributed by atoms with Gasteiger partial charge in [-0.25, -0.2) is 9.78 Å². The van der Waals surface area contributed by atoms with Crippen LogP contribution in [-0.4, -0.2) is 70.3 Å². The van der Waals surface area contributed by atoms with Crippen molar-refractivity contribution in [1.82, 2.24) is 26.3 Å². The van der Waals surface area contributed by atoms with Crippen LogP contribution in [0.4, 0.5) is 4.79 Å². The summed E-state index contributed by atoms with van der Waals surface area (Å²) in [4.78, 5) is 57.9. The predicted octanol–water partition coefficient (Wildman–Crippen LogP) is 4.90. The lowest BCUT2D eigenvalue weighted by atomic mass is 9.96. The van der Waals surface area contributed by atoms with Gasteiger partial charge >= 0.3 is 6.09 Å². The molecule has 3 rings (SSSR count). The maximum atomic E-state index is 14.0. The molecule has 0 aliphatic rings. The van der Waals surface area contributed by atoms with Gasteiger partial charge in [0.1, 0.15) is 17.7 Å². The first-order valence-electron chi connectivity index (χ1n) is 17.0. The minimum Gasteiger partial charge on any atom is -0.444 e. The van der Waals surface area contributed by atoms with Crippen LogP contribution in [0.3, 0.4) is 0 Å². The molecule has 2 aromatic carbocycles. The Bertz CT molecular complexity index is 1520. The highest BCUT2D eigenvalue weighted by Crippen LogP contribution is 2.21. The molecule has 268 valence electrons. The van der Waals surface area contributed by atoms with Crippen molar-refractivity contribution in [2.75, 3.05) is 6.54 Å². The Labute approximate surface area is 294 Å². The van der Waals surface area contributed by atoms with E-state index in [9.17, 15) is 24.3 Å². The van der Waals surface area contributed by atoms with Gasteiger partial charge in [-0.05, 0) is 55.4 Å². The summed E-state index contributed by atoms with van der Waals surface area (Å²) in [6.07, 6.45) is -0.549. The highest BCUT2D eigenvalue weighted by molar-refractivity contribution is 7.07. The first-order valence-corrected chi connectivity index (χ1v) is 18.0. The summed E-state index contributed by atoms with van der Waals surface area (Å²) in [7, 11) is 0. The fourth-order valence-corrected chi connectivity index (χ4v) is 5.89. The van der Waals surface area contributed by atoms with E-state index < -0.39 is 47.7 Å². The van der Waals surface area contributed by atoms with Crippen LogP contribution in [0, 0.1) is 11.8 Å². The zero-order valence-electron chi connectivity index (χ0n) is 29.7. The molecule has 0 aliphatic carbocycles. The van der Waals surface area contributed by atoms with Crippen molar-refractivity contribution in [1.29, 1.82) is 0 Å². The van der Waals surface area contributed by atoms with Gasteiger partial charge in [0.2, 0.25) is 17.7 Å². The predicted molar refractivity (Wildman–Crippen MR) is 193 cm³/mol. The van der Waals surface area contributed by atoms with Crippen LogP contribution in [0.2, 0.25) is 0 Å². The van der Waals surface area contributed by atoms with E-state index >= 15 is 0 Å². The van der Waals surface area contributed by atoms with Gasteiger partial charge in [0.25, 0.3) is 0 Å². The Balaban J connectivity index is 1.86. The molecule has 0 saturated heterocycles. The summed E-state index contributed by atoms with van der Waals surface area (Å²) < 4.78 is 5.49. The fourth-order valence-electron chi connectivity index (χ4n) is 5.32. The third kappa shape index (κ3) is 13.4. The van der Waals surface area contributed by atoms with Crippen LogP contribution < -0.4 is 21.3 Å². The molecule has 12 heteroatoms. The van der Waals surface area contributed by atoms with Crippen LogP contribution in [0.25, 0.3) is 10.8 Å². The molecule has 0 bridgehead atoms. The van der Waals surface area contributed by atoms with Gasteiger partial charge in [-0.15, -0.1) is 11.3 Å². The Morgan fingerprint density at radius 3 is 2.24 bits per heavy atom. The third-order valence-corrected chi connectivity index (χ3v) is 8.73. The first kappa shape index (κ1) is 39.4. The molecule has 0 radical (unpaired) electrons. The molecule has 2 unspecified atom stereocenters. The molecule has 0 spiro atoms. The van der Waals surface area contributed by atoms with E-state index in [1.807, 2.05) is 70.2 Å². The highest BCUT2D eigenvalue weighted by Gasteiger charge is 2.32. The van der Waals surface area contributed by atoms with Crippen LogP contribution in [-0.2, 0) is 32.0 Å². The number of thiazole rings is 1. The van der Waals surface area contributed by atoms with E-state index in [0.29, 0.717) is 24.6 Å². The van der Waals surface area contributed by atoms with E-state index in [1.54, 1.807) is 31.7 Å². The summed E-state index contributed by atoms with van der Waals surface area (Å²) in [5.41, 5.74) is 2.28. The number of carbonyl (C=O) groups is 4. The summed E-state index contributed by atoms with van der Waals surface area (Å²) in [5.74, 6) is -1.02. The quantitative estimate of drug-likeness (QED) is 0.134. The van der Waals surface area contributed by atoms with Crippen LogP contribution in [0.5, 0.6) is 0 Å². The zero-order chi connectivity index (χ0) is 36.1. The number of nitrogens with one attached hydrogen (secondary N) is 4. The summed E-state index contributed by atoms with van der Waals surface area (Å²) in [6, 6.07) is 10.6. The molecule has 0 saturated carbocycles. The molecule has 3 aromatic rings. The average Bonchev–Trinajstić information content (AvgIpc) is 3.54. The number of aromatic nitrogens is 1. The van der Waals surface area contributed by atoms with Crippen molar-refractivity contribution < 1.29 is 29.0 Å². The van der Waals surface area contributed by atoms with Gasteiger partial charge in [-0.2, -0.15) is 0 Å². The number of benzene rings is 2. The number of ether oxygens (including phenoxy) is 1. The van der Waals surface area contributed by atoms with Gasteiger partial charge in [-0.1, -0.05) is 76.6 Å². The maximum Gasteiger partial charge on any atom is 0.408 e. The van der Waals surface area contributed by atoms with E-state index in [0.717, 1.165) is 22.8 Å². The normalized spacial score (nSPS) is 14.7. The number of nitrogens with zero attached hydrogens (tertiary/aromatic N) is 1. The Morgan fingerprint density at radius 1 is 0.918 bits per heavy atom. The fraction of sp³-hybridized carbons (Fsp3) is 0.541. The number of amides is 4. The number of alkyl carbamates (subject to hydrolysis) is 1. The van der Waals surface area contributed by atoms with Crippen molar-refractivity contribution in [3.05, 3.63) is 64.6 Å². The second-order valence-corrected chi connectivity index (χ2v) is 14.8. The summed E-state index contributed by atoms with van der Waals surface area (Å²) in [6.45, 7) is 13.7. The molecule has 1 aromatic heterocycles. The van der Waals surface area contributed by atoms with Crippen molar-refractivity contribution in [2.45, 2.75) is 110 Å².